The van der Waals surface area contributed by atoms with E-state index in [0.29, 0.717) is 16.6 Å². The number of thiocarbonyl (C=S) groups is 1. The summed E-state index contributed by atoms with van der Waals surface area (Å²) in [7, 11) is 5.22. The number of hydrogen-bond acceptors (Lipinski definition) is 5. The molecule has 0 heterocycles. The van der Waals surface area contributed by atoms with Gasteiger partial charge in [0.2, 0.25) is 0 Å². The second-order valence-corrected chi connectivity index (χ2v) is 6.79. The number of methoxy groups -OCH3 is 2. The van der Waals surface area contributed by atoms with Crippen LogP contribution >= 0.6 is 12.2 Å². The van der Waals surface area contributed by atoms with Crippen molar-refractivity contribution in [1.29, 1.82) is 0 Å². The molecule has 0 radical (unpaired) electrons. The summed E-state index contributed by atoms with van der Waals surface area (Å²) in [4.78, 5) is 2.13. The van der Waals surface area contributed by atoms with E-state index in [4.69, 9.17) is 21.7 Å². The van der Waals surface area contributed by atoms with Crippen LogP contribution in [0.5, 0.6) is 11.5 Å². The number of rotatable bonds is 7. The molecule has 2 N–H and O–H groups in total. The molecule has 0 aliphatic rings. The fraction of sp³-hybridized carbons (Fsp3) is 0.130. The molecule has 0 aliphatic carbocycles. The summed E-state index contributed by atoms with van der Waals surface area (Å²) in [6.45, 7) is 0. The minimum atomic E-state index is 0.374. The van der Waals surface area contributed by atoms with Crippen LogP contribution in [0.1, 0.15) is 5.56 Å². The molecule has 30 heavy (non-hydrogen) atoms. The predicted octanol–water partition coefficient (Wildman–Crippen LogP) is 4.79. The predicted molar refractivity (Wildman–Crippen MR) is 127 cm³/mol. The summed E-state index contributed by atoms with van der Waals surface area (Å²) >= 11 is 5.29. The number of para-hydroxylation sites is 1. The molecule has 7 heteroatoms. The Morgan fingerprint density at radius 3 is 2.23 bits per heavy atom. The Morgan fingerprint density at radius 1 is 0.900 bits per heavy atom. The smallest absolute Gasteiger partial charge is 0.191 e. The maximum atomic E-state index is 5.29. The number of nitrogens with one attached hydrogen (secondary N) is 2. The summed E-state index contributed by atoms with van der Waals surface area (Å²) in [6.07, 6.45) is 1.72. The van der Waals surface area contributed by atoms with E-state index in [1.54, 1.807) is 32.6 Å². The molecule has 0 aliphatic heterocycles. The van der Waals surface area contributed by atoms with Crippen molar-refractivity contribution in [1.82, 2.24) is 5.43 Å². The summed E-state index contributed by atoms with van der Waals surface area (Å²) in [5, 5.41) is 7.63. The molecule has 3 rings (SSSR count). The van der Waals surface area contributed by atoms with E-state index in [9.17, 15) is 0 Å². The molecule has 154 valence electrons. The van der Waals surface area contributed by atoms with Gasteiger partial charge in [0.1, 0.15) is 0 Å². The third kappa shape index (κ3) is 5.48. The van der Waals surface area contributed by atoms with Gasteiger partial charge in [0.05, 0.1) is 20.4 Å². The third-order valence-electron chi connectivity index (χ3n) is 4.45. The molecule has 0 saturated heterocycles. The number of hydrazone groups is 1. The summed E-state index contributed by atoms with van der Waals surface area (Å²) in [6, 6.07) is 23.8. The largest absolute Gasteiger partial charge is 0.493 e. The minimum absolute atomic E-state index is 0.374. The van der Waals surface area contributed by atoms with Gasteiger partial charge >= 0.3 is 0 Å². The Balaban J connectivity index is 1.55. The quantitative estimate of drug-likeness (QED) is 0.326. The minimum Gasteiger partial charge on any atom is -0.493 e. The van der Waals surface area contributed by atoms with Gasteiger partial charge in [-0.1, -0.05) is 30.3 Å². The van der Waals surface area contributed by atoms with Crippen molar-refractivity contribution in [2.75, 3.05) is 31.5 Å². The zero-order valence-electron chi connectivity index (χ0n) is 17.1. The normalized spacial score (nSPS) is 10.5. The second-order valence-electron chi connectivity index (χ2n) is 6.38. The average molecular weight is 421 g/mol. The molecule has 0 bridgehead atoms. The number of ether oxygens (including phenoxy) is 2. The number of benzene rings is 3. The van der Waals surface area contributed by atoms with Crippen molar-refractivity contribution < 1.29 is 9.47 Å². The topological polar surface area (TPSA) is 58.1 Å². The van der Waals surface area contributed by atoms with Gasteiger partial charge in [-0.05, 0) is 54.2 Å². The Labute approximate surface area is 182 Å². The van der Waals surface area contributed by atoms with Crippen molar-refractivity contribution in [3.63, 3.8) is 0 Å². The first-order chi connectivity index (χ1) is 14.6. The summed E-state index contributed by atoms with van der Waals surface area (Å²) in [5.41, 5.74) is 6.77. The van der Waals surface area contributed by atoms with Crippen molar-refractivity contribution in [2.45, 2.75) is 0 Å². The van der Waals surface area contributed by atoms with E-state index in [1.807, 2.05) is 43.4 Å². The van der Waals surface area contributed by atoms with Crippen LogP contribution in [-0.4, -0.2) is 32.6 Å². The molecule has 0 saturated carbocycles. The molecule has 0 amide bonds. The maximum absolute atomic E-state index is 5.29. The van der Waals surface area contributed by atoms with Crippen molar-refractivity contribution >= 4 is 40.6 Å². The van der Waals surface area contributed by atoms with Crippen LogP contribution in [0, 0.1) is 0 Å². The molecule has 0 atom stereocenters. The maximum Gasteiger partial charge on any atom is 0.191 e. The van der Waals surface area contributed by atoms with Gasteiger partial charge in [-0.15, -0.1) is 0 Å². The molecular weight excluding hydrogens is 396 g/mol. The van der Waals surface area contributed by atoms with Crippen LogP contribution in [0.2, 0.25) is 0 Å². The van der Waals surface area contributed by atoms with Gasteiger partial charge in [0.15, 0.2) is 16.6 Å². The number of anilines is 3. The molecule has 0 spiro atoms. The Kier molecular flexibility index (Phi) is 7.24. The average Bonchev–Trinajstić information content (AvgIpc) is 2.79. The fourth-order valence-electron chi connectivity index (χ4n) is 2.82. The lowest BCUT2D eigenvalue weighted by atomic mass is 10.2. The lowest BCUT2D eigenvalue weighted by Crippen LogP contribution is -2.23. The first-order valence-electron chi connectivity index (χ1n) is 9.31. The van der Waals surface area contributed by atoms with E-state index >= 15 is 0 Å². The van der Waals surface area contributed by atoms with Gasteiger partial charge in [-0.2, -0.15) is 5.10 Å². The van der Waals surface area contributed by atoms with Gasteiger partial charge in [-0.25, -0.2) is 0 Å². The molecule has 0 fully saturated rings. The van der Waals surface area contributed by atoms with Crippen LogP contribution in [0.4, 0.5) is 17.1 Å². The van der Waals surface area contributed by atoms with Crippen LogP contribution in [0.3, 0.4) is 0 Å². The SMILES string of the molecule is COc1ccc(NC(=S)NN=Cc2ccc(N(C)c3ccccc3)cc2)cc1OC. The van der Waals surface area contributed by atoms with Gasteiger partial charge in [-0.3, -0.25) is 5.43 Å². The van der Waals surface area contributed by atoms with Gasteiger partial charge < -0.3 is 19.7 Å². The highest BCUT2D eigenvalue weighted by Gasteiger charge is 2.05. The summed E-state index contributed by atoms with van der Waals surface area (Å²) < 4.78 is 10.5. The highest BCUT2D eigenvalue weighted by Crippen LogP contribution is 2.29. The number of nitrogens with zero attached hydrogens (tertiary/aromatic N) is 2. The molecule has 3 aromatic carbocycles. The summed E-state index contributed by atoms with van der Waals surface area (Å²) in [5.74, 6) is 1.27. The van der Waals surface area contributed by atoms with E-state index < -0.39 is 0 Å². The van der Waals surface area contributed by atoms with Gasteiger partial charge in [0, 0.05) is 30.2 Å². The monoisotopic (exact) mass is 420 g/mol. The third-order valence-corrected chi connectivity index (χ3v) is 4.64. The fourth-order valence-corrected chi connectivity index (χ4v) is 2.99. The van der Waals surface area contributed by atoms with Gasteiger partial charge in [0.25, 0.3) is 0 Å². The van der Waals surface area contributed by atoms with Crippen molar-refractivity contribution in [3.05, 3.63) is 78.4 Å². The van der Waals surface area contributed by atoms with E-state index in [0.717, 1.165) is 22.6 Å². The lowest BCUT2D eigenvalue weighted by molar-refractivity contribution is 0.355. The second kappa shape index (κ2) is 10.3. The molecule has 0 unspecified atom stereocenters. The Bertz CT molecular complexity index is 1010. The first-order valence-corrected chi connectivity index (χ1v) is 9.72. The van der Waals surface area contributed by atoms with Crippen LogP contribution < -0.4 is 25.1 Å². The molecular formula is C23H24N4O2S. The standard InChI is InChI=1S/C23H24N4O2S/c1-27(19-7-5-4-6-8-19)20-12-9-17(10-13-20)16-24-26-23(30)25-18-11-14-21(28-2)22(15-18)29-3/h4-16H,1-3H3,(H2,25,26,30). The van der Waals surface area contributed by atoms with Crippen LogP contribution in [-0.2, 0) is 0 Å². The van der Waals surface area contributed by atoms with E-state index in [-0.39, 0.29) is 0 Å². The van der Waals surface area contributed by atoms with Crippen LogP contribution in [0.25, 0.3) is 0 Å². The van der Waals surface area contributed by atoms with Crippen molar-refractivity contribution in [3.8, 4) is 11.5 Å². The van der Waals surface area contributed by atoms with E-state index in [2.05, 4.69) is 45.0 Å². The van der Waals surface area contributed by atoms with E-state index in [1.165, 1.54) is 0 Å². The van der Waals surface area contributed by atoms with Crippen LogP contribution in [0.15, 0.2) is 77.9 Å². The highest BCUT2D eigenvalue weighted by molar-refractivity contribution is 7.80. The molecule has 6 nitrogen and oxygen atoms in total. The first kappa shape index (κ1) is 21.1. The number of hydrogen-bond donors (Lipinski definition) is 2. The highest BCUT2D eigenvalue weighted by atomic mass is 32.1. The molecule has 3 aromatic rings. The van der Waals surface area contributed by atoms with Crippen molar-refractivity contribution in [2.24, 2.45) is 5.10 Å². The zero-order valence-corrected chi connectivity index (χ0v) is 17.9. The lowest BCUT2D eigenvalue weighted by Gasteiger charge is -2.19. The molecule has 0 aromatic heterocycles. The Hall–Kier alpha value is -3.58. The Morgan fingerprint density at radius 2 is 1.57 bits per heavy atom. The zero-order chi connectivity index (χ0) is 21.3.